The number of carbonyl (C=O) groups excluding carboxylic acids is 1. The molecule has 23 heavy (non-hydrogen) atoms. The SMILES string of the molecule is CC(C)c1cc(C(=O)Nc2n[nH]c(-c3ccccc3Cl)n2)no1. The number of hydrogen-bond acceptors (Lipinski definition) is 5. The highest BCUT2D eigenvalue weighted by Crippen LogP contribution is 2.25. The third-order valence-electron chi connectivity index (χ3n) is 3.17. The molecule has 0 saturated carbocycles. The van der Waals surface area contributed by atoms with Crippen LogP contribution >= 0.6 is 11.6 Å². The first kappa shape index (κ1) is 15.2. The summed E-state index contributed by atoms with van der Waals surface area (Å²) in [5, 5.41) is 13.5. The molecule has 3 aromatic rings. The lowest BCUT2D eigenvalue weighted by atomic mass is 10.1. The smallest absolute Gasteiger partial charge is 0.280 e. The Morgan fingerprint density at radius 3 is 2.83 bits per heavy atom. The summed E-state index contributed by atoms with van der Waals surface area (Å²) >= 11 is 6.10. The number of aromatic amines is 1. The molecule has 8 heteroatoms. The fourth-order valence-electron chi connectivity index (χ4n) is 1.93. The van der Waals surface area contributed by atoms with Crippen molar-refractivity contribution in [3.8, 4) is 11.4 Å². The Hall–Kier alpha value is -2.67. The van der Waals surface area contributed by atoms with E-state index in [4.69, 9.17) is 16.1 Å². The van der Waals surface area contributed by atoms with Crippen molar-refractivity contribution in [2.45, 2.75) is 19.8 Å². The van der Waals surface area contributed by atoms with Crippen LogP contribution < -0.4 is 5.32 Å². The van der Waals surface area contributed by atoms with Crippen LogP contribution in [0.2, 0.25) is 5.02 Å². The van der Waals surface area contributed by atoms with Crippen molar-refractivity contribution in [1.82, 2.24) is 20.3 Å². The third kappa shape index (κ3) is 3.24. The first-order chi connectivity index (χ1) is 11.0. The van der Waals surface area contributed by atoms with E-state index < -0.39 is 5.91 Å². The van der Waals surface area contributed by atoms with E-state index in [1.165, 1.54) is 0 Å². The van der Waals surface area contributed by atoms with Gasteiger partial charge in [0, 0.05) is 17.5 Å². The highest BCUT2D eigenvalue weighted by molar-refractivity contribution is 6.33. The van der Waals surface area contributed by atoms with Crippen LogP contribution in [-0.2, 0) is 0 Å². The maximum absolute atomic E-state index is 12.1. The molecular formula is C15H14ClN5O2. The zero-order chi connectivity index (χ0) is 16.4. The van der Waals surface area contributed by atoms with E-state index in [-0.39, 0.29) is 17.6 Å². The Kier molecular flexibility index (Phi) is 4.12. The molecule has 0 radical (unpaired) electrons. The molecule has 0 aliphatic carbocycles. The lowest BCUT2D eigenvalue weighted by Gasteiger charge is -1.98. The first-order valence-corrected chi connectivity index (χ1v) is 7.37. The summed E-state index contributed by atoms with van der Waals surface area (Å²) in [6.07, 6.45) is 0. The number of rotatable bonds is 4. The number of nitrogens with zero attached hydrogens (tertiary/aromatic N) is 3. The number of carbonyl (C=O) groups is 1. The van der Waals surface area contributed by atoms with Gasteiger partial charge in [0.05, 0.1) is 5.02 Å². The number of aromatic nitrogens is 4. The van der Waals surface area contributed by atoms with E-state index in [9.17, 15) is 4.79 Å². The van der Waals surface area contributed by atoms with E-state index in [0.717, 1.165) is 0 Å². The van der Waals surface area contributed by atoms with Crippen molar-refractivity contribution in [3.63, 3.8) is 0 Å². The largest absolute Gasteiger partial charge is 0.360 e. The minimum Gasteiger partial charge on any atom is -0.360 e. The Labute approximate surface area is 137 Å². The van der Waals surface area contributed by atoms with Crippen LogP contribution in [-0.4, -0.2) is 26.2 Å². The van der Waals surface area contributed by atoms with E-state index in [1.807, 2.05) is 26.0 Å². The first-order valence-electron chi connectivity index (χ1n) is 7.00. The van der Waals surface area contributed by atoms with Crippen LogP contribution in [0.4, 0.5) is 5.95 Å². The predicted octanol–water partition coefficient (Wildman–Crippen LogP) is 3.49. The summed E-state index contributed by atoms with van der Waals surface area (Å²) in [5.41, 5.74) is 0.878. The van der Waals surface area contributed by atoms with Crippen molar-refractivity contribution >= 4 is 23.5 Å². The fraction of sp³-hybridized carbons (Fsp3) is 0.200. The highest BCUT2D eigenvalue weighted by Gasteiger charge is 2.17. The third-order valence-corrected chi connectivity index (χ3v) is 3.50. The molecule has 0 bridgehead atoms. The number of nitrogens with one attached hydrogen (secondary N) is 2. The van der Waals surface area contributed by atoms with Gasteiger partial charge in [0.15, 0.2) is 11.5 Å². The van der Waals surface area contributed by atoms with Gasteiger partial charge >= 0.3 is 0 Å². The van der Waals surface area contributed by atoms with Crippen molar-refractivity contribution in [2.24, 2.45) is 0 Å². The second-order valence-electron chi connectivity index (χ2n) is 5.21. The summed E-state index contributed by atoms with van der Waals surface area (Å²) in [4.78, 5) is 16.3. The summed E-state index contributed by atoms with van der Waals surface area (Å²) in [5.74, 6) is 0.958. The zero-order valence-corrected chi connectivity index (χ0v) is 13.3. The summed E-state index contributed by atoms with van der Waals surface area (Å²) in [6, 6.07) is 8.82. The van der Waals surface area contributed by atoms with Crippen LogP contribution in [0.5, 0.6) is 0 Å². The predicted molar refractivity (Wildman–Crippen MR) is 85.4 cm³/mol. The summed E-state index contributed by atoms with van der Waals surface area (Å²) in [7, 11) is 0. The van der Waals surface area contributed by atoms with E-state index >= 15 is 0 Å². The standard InChI is InChI=1S/C15H14ClN5O2/c1-8(2)12-7-11(21-23-12)14(22)18-15-17-13(19-20-15)9-5-3-4-6-10(9)16/h3-8H,1-2H3,(H2,17,18,19,20,22). The van der Waals surface area contributed by atoms with Gasteiger partial charge in [-0.2, -0.15) is 4.98 Å². The minimum absolute atomic E-state index is 0.138. The molecular weight excluding hydrogens is 318 g/mol. The monoisotopic (exact) mass is 331 g/mol. The van der Waals surface area contributed by atoms with Crippen molar-refractivity contribution in [2.75, 3.05) is 5.32 Å². The quantitative estimate of drug-likeness (QED) is 0.762. The fourth-order valence-corrected chi connectivity index (χ4v) is 2.15. The van der Waals surface area contributed by atoms with Gasteiger partial charge in [0.25, 0.3) is 5.91 Å². The molecule has 1 amide bonds. The van der Waals surface area contributed by atoms with E-state index in [1.54, 1.807) is 18.2 Å². The lowest BCUT2D eigenvalue weighted by molar-refractivity contribution is 0.101. The van der Waals surface area contributed by atoms with Gasteiger partial charge in [0.1, 0.15) is 5.76 Å². The van der Waals surface area contributed by atoms with Gasteiger partial charge in [-0.1, -0.05) is 42.7 Å². The van der Waals surface area contributed by atoms with Crippen molar-refractivity contribution in [3.05, 3.63) is 46.8 Å². The second kappa shape index (κ2) is 6.21. The molecule has 0 aliphatic rings. The average molecular weight is 332 g/mol. The number of amides is 1. The molecule has 1 aromatic carbocycles. The maximum Gasteiger partial charge on any atom is 0.280 e. The van der Waals surface area contributed by atoms with Crippen LogP contribution in [0, 0.1) is 0 Å². The Morgan fingerprint density at radius 2 is 2.13 bits per heavy atom. The molecule has 0 unspecified atom stereocenters. The molecule has 2 N–H and O–H groups in total. The van der Waals surface area contributed by atoms with Gasteiger partial charge < -0.3 is 4.52 Å². The van der Waals surface area contributed by atoms with Crippen LogP contribution in [0.1, 0.15) is 36.0 Å². The minimum atomic E-state index is -0.439. The van der Waals surface area contributed by atoms with E-state index in [0.29, 0.717) is 22.2 Å². The summed E-state index contributed by atoms with van der Waals surface area (Å²) in [6.45, 7) is 3.90. The molecule has 2 aromatic heterocycles. The molecule has 0 fully saturated rings. The maximum atomic E-state index is 12.1. The number of hydrogen-bond donors (Lipinski definition) is 2. The van der Waals surface area contributed by atoms with Crippen molar-refractivity contribution < 1.29 is 9.32 Å². The number of H-pyrrole nitrogens is 1. The molecule has 3 rings (SSSR count). The van der Waals surface area contributed by atoms with Crippen molar-refractivity contribution in [1.29, 1.82) is 0 Å². The van der Waals surface area contributed by atoms with Crippen LogP contribution in [0.3, 0.4) is 0 Å². The normalized spacial score (nSPS) is 11.0. The van der Waals surface area contributed by atoms with Gasteiger partial charge in [-0.05, 0) is 12.1 Å². The zero-order valence-electron chi connectivity index (χ0n) is 12.5. The molecule has 7 nitrogen and oxygen atoms in total. The highest BCUT2D eigenvalue weighted by atomic mass is 35.5. The van der Waals surface area contributed by atoms with Gasteiger partial charge in [-0.25, -0.2) is 0 Å². The van der Waals surface area contributed by atoms with Gasteiger partial charge in [0.2, 0.25) is 5.95 Å². The topological polar surface area (TPSA) is 96.7 Å². The number of halogens is 1. The summed E-state index contributed by atoms with van der Waals surface area (Å²) < 4.78 is 5.10. The van der Waals surface area contributed by atoms with Crippen LogP contribution in [0.25, 0.3) is 11.4 Å². The molecule has 118 valence electrons. The van der Waals surface area contributed by atoms with Gasteiger partial charge in [-0.15, -0.1) is 5.10 Å². The van der Waals surface area contributed by atoms with E-state index in [2.05, 4.69) is 25.7 Å². The molecule has 0 aliphatic heterocycles. The lowest BCUT2D eigenvalue weighted by Crippen LogP contribution is -2.13. The second-order valence-corrected chi connectivity index (χ2v) is 5.62. The molecule has 0 atom stereocenters. The average Bonchev–Trinajstić information content (AvgIpc) is 3.16. The van der Waals surface area contributed by atoms with Gasteiger partial charge in [-0.3, -0.25) is 15.2 Å². The Morgan fingerprint density at radius 1 is 1.35 bits per heavy atom. The Bertz CT molecular complexity index is 840. The molecule has 0 spiro atoms. The number of anilines is 1. The number of benzene rings is 1. The van der Waals surface area contributed by atoms with Crippen LogP contribution in [0.15, 0.2) is 34.9 Å². The Balaban J connectivity index is 1.76. The molecule has 2 heterocycles. The molecule has 0 saturated heterocycles.